The first-order valence-corrected chi connectivity index (χ1v) is 12.2. The normalized spacial score (nSPS) is 11.8. The first-order chi connectivity index (χ1) is 11.3. The average Bonchev–Trinajstić information content (AvgIpc) is 2.88. The van der Waals surface area contributed by atoms with Crippen LogP contribution in [0.15, 0.2) is 22.7 Å². The number of nitrogens with two attached hydrogens (primary N) is 1. The van der Waals surface area contributed by atoms with Crippen molar-refractivity contribution in [2.75, 3.05) is 13.7 Å². The second-order valence-electron chi connectivity index (χ2n) is 6.79. The molecule has 0 atom stereocenters. The summed E-state index contributed by atoms with van der Waals surface area (Å²) in [5.74, 6) is 5.64. The minimum atomic E-state index is -1.16. The molecule has 1 heterocycles. The summed E-state index contributed by atoms with van der Waals surface area (Å²) in [6.45, 7) is 7.87. The summed E-state index contributed by atoms with van der Waals surface area (Å²) >= 11 is 3.47. The number of nitrogen functional groups attached to an aromatic ring is 1. The van der Waals surface area contributed by atoms with E-state index in [1.165, 1.54) is 0 Å². The standard InChI is InChI=1S/C16H24BrN3O3Si/c1-22-15-11-9-14(16(21)19-18)20(13(11)6-5-12(15)17)10-23-7-8-24(2,3)4/h5-6,9H,7-8,10,18H2,1-4H3,(H,19,21). The molecule has 0 aliphatic carbocycles. The van der Waals surface area contributed by atoms with E-state index >= 15 is 0 Å². The molecule has 0 aliphatic heterocycles. The van der Waals surface area contributed by atoms with Crippen LogP contribution in [0.2, 0.25) is 25.7 Å². The molecule has 0 unspecified atom stereocenters. The lowest BCUT2D eigenvalue weighted by Crippen LogP contribution is -2.32. The first-order valence-electron chi connectivity index (χ1n) is 7.73. The zero-order valence-corrected chi connectivity index (χ0v) is 17.1. The summed E-state index contributed by atoms with van der Waals surface area (Å²) in [6.07, 6.45) is 0. The number of ether oxygens (including phenoxy) is 2. The summed E-state index contributed by atoms with van der Waals surface area (Å²) in [5.41, 5.74) is 3.49. The predicted molar refractivity (Wildman–Crippen MR) is 102 cm³/mol. The highest BCUT2D eigenvalue weighted by molar-refractivity contribution is 9.10. The van der Waals surface area contributed by atoms with Crippen LogP contribution < -0.4 is 16.0 Å². The van der Waals surface area contributed by atoms with Crippen LogP contribution in [-0.4, -0.2) is 32.3 Å². The van der Waals surface area contributed by atoms with Crippen molar-refractivity contribution in [2.24, 2.45) is 5.84 Å². The van der Waals surface area contributed by atoms with Gasteiger partial charge in [0.1, 0.15) is 18.2 Å². The van der Waals surface area contributed by atoms with Gasteiger partial charge in [-0.15, -0.1) is 0 Å². The zero-order chi connectivity index (χ0) is 17.9. The second-order valence-corrected chi connectivity index (χ2v) is 13.3. The summed E-state index contributed by atoms with van der Waals surface area (Å²) in [5, 5.41) is 0.833. The Morgan fingerprint density at radius 2 is 2.08 bits per heavy atom. The van der Waals surface area contributed by atoms with Gasteiger partial charge in [0.2, 0.25) is 0 Å². The number of fused-ring (bicyclic) bond motifs is 1. The Hall–Kier alpha value is -1.35. The third kappa shape index (κ3) is 4.18. The van der Waals surface area contributed by atoms with Crippen LogP contribution in [0.4, 0.5) is 0 Å². The summed E-state index contributed by atoms with van der Waals surface area (Å²) in [7, 11) is 0.444. The van der Waals surface area contributed by atoms with Gasteiger partial charge < -0.3 is 14.0 Å². The molecule has 3 N–H and O–H groups in total. The molecule has 2 aromatic rings. The lowest BCUT2D eigenvalue weighted by Gasteiger charge is -2.16. The molecule has 8 heteroatoms. The SMILES string of the molecule is COc1c(Br)ccc2c1cc(C(=O)NN)n2COCC[Si](C)(C)C. The van der Waals surface area contributed by atoms with Crippen molar-refractivity contribution in [1.82, 2.24) is 9.99 Å². The largest absolute Gasteiger partial charge is 0.495 e. The number of hydrogen-bond acceptors (Lipinski definition) is 4. The van der Waals surface area contributed by atoms with Gasteiger partial charge in [-0.05, 0) is 40.2 Å². The van der Waals surface area contributed by atoms with E-state index in [4.69, 9.17) is 15.3 Å². The van der Waals surface area contributed by atoms with E-state index in [0.717, 1.165) is 21.4 Å². The minimum absolute atomic E-state index is 0.293. The van der Waals surface area contributed by atoms with Crippen LogP contribution in [0.5, 0.6) is 5.75 Å². The van der Waals surface area contributed by atoms with Crippen molar-refractivity contribution in [3.8, 4) is 5.75 Å². The quantitative estimate of drug-likeness (QED) is 0.240. The van der Waals surface area contributed by atoms with E-state index in [9.17, 15) is 4.79 Å². The van der Waals surface area contributed by atoms with Crippen LogP contribution in [0.25, 0.3) is 10.9 Å². The number of benzene rings is 1. The molecule has 1 amide bonds. The Morgan fingerprint density at radius 3 is 2.67 bits per heavy atom. The third-order valence-corrected chi connectivity index (χ3v) is 6.10. The molecule has 0 aliphatic rings. The van der Waals surface area contributed by atoms with E-state index < -0.39 is 8.07 Å². The number of amides is 1. The highest BCUT2D eigenvalue weighted by atomic mass is 79.9. The Kier molecular flexibility index (Phi) is 6.08. The number of hydrazine groups is 1. The summed E-state index contributed by atoms with van der Waals surface area (Å²) in [6, 6.07) is 6.66. The Bertz CT molecular complexity index is 740. The van der Waals surface area contributed by atoms with Crippen molar-refractivity contribution >= 4 is 40.8 Å². The number of rotatable bonds is 7. The van der Waals surface area contributed by atoms with E-state index in [-0.39, 0.29) is 5.91 Å². The number of carbonyl (C=O) groups is 1. The minimum Gasteiger partial charge on any atom is -0.495 e. The maximum Gasteiger partial charge on any atom is 0.281 e. The van der Waals surface area contributed by atoms with Gasteiger partial charge in [0.25, 0.3) is 5.91 Å². The number of nitrogens with zero attached hydrogens (tertiary/aromatic N) is 1. The van der Waals surface area contributed by atoms with Gasteiger partial charge in [0.05, 0.1) is 17.1 Å². The molecule has 132 valence electrons. The molecule has 0 fully saturated rings. The number of methoxy groups -OCH3 is 1. The molecule has 0 bridgehead atoms. The number of hydrogen-bond donors (Lipinski definition) is 2. The molecule has 2 rings (SSSR count). The fourth-order valence-electron chi connectivity index (χ4n) is 2.42. The Morgan fingerprint density at radius 1 is 1.38 bits per heavy atom. The molecule has 1 aromatic heterocycles. The van der Waals surface area contributed by atoms with E-state index in [2.05, 4.69) is 41.0 Å². The van der Waals surface area contributed by atoms with Crippen molar-refractivity contribution in [3.05, 3.63) is 28.4 Å². The highest BCUT2D eigenvalue weighted by Gasteiger charge is 2.19. The predicted octanol–water partition coefficient (Wildman–Crippen LogP) is 3.33. The van der Waals surface area contributed by atoms with Crippen LogP contribution in [0.1, 0.15) is 10.5 Å². The molecule has 0 spiro atoms. The van der Waals surface area contributed by atoms with Gasteiger partial charge in [-0.1, -0.05) is 19.6 Å². The van der Waals surface area contributed by atoms with Gasteiger partial charge in [-0.3, -0.25) is 10.2 Å². The fourth-order valence-corrected chi connectivity index (χ4v) is 3.69. The molecule has 0 saturated carbocycles. The van der Waals surface area contributed by atoms with Crippen molar-refractivity contribution < 1.29 is 14.3 Å². The van der Waals surface area contributed by atoms with Crippen LogP contribution in [-0.2, 0) is 11.5 Å². The van der Waals surface area contributed by atoms with Gasteiger partial charge in [-0.25, -0.2) is 5.84 Å². The van der Waals surface area contributed by atoms with Crippen molar-refractivity contribution in [2.45, 2.75) is 32.4 Å². The van der Waals surface area contributed by atoms with Crippen molar-refractivity contribution in [3.63, 3.8) is 0 Å². The second kappa shape index (κ2) is 7.69. The van der Waals surface area contributed by atoms with Crippen molar-refractivity contribution in [1.29, 1.82) is 0 Å². The topological polar surface area (TPSA) is 78.5 Å². The molecule has 24 heavy (non-hydrogen) atoms. The molecule has 0 radical (unpaired) electrons. The molecule has 6 nitrogen and oxygen atoms in total. The fraction of sp³-hybridized carbons (Fsp3) is 0.438. The molecular weight excluding hydrogens is 390 g/mol. The Labute approximate surface area is 151 Å². The van der Waals surface area contributed by atoms with E-state index in [0.29, 0.717) is 24.8 Å². The zero-order valence-electron chi connectivity index (χ0n) is 14.5. The summed E-state index contributed by atoms with van der Waals surface area (Å²) < 4.78 is 13.9. The van der Waals surface area contributed by atoms with Gasteiger partial charge in [0.15, 0.2) is 0 Å². The van der Waals surface area contributed by atoms with Gasteiger partial charge >= 0.3 is 0 Å². The molecular formula is C16H24BrN3O3Si. The number of halogens is 1. The maximum atomic E-state index is 12.1. The molecule has 1 aromatic carbocycles. The summed E-state index contributed by atoms with van der Waals surface area (Å²) in [4.78, 5) is 12.1. The monoisotopic (exact) mass is 413 g/mol. The Balaban J connectivity index is 2.37. The molecule has 0 saturated heterocycles. The van der Waals surface area contributed by atoms with E-state index in [1.54, 1.807) is 13.2 Å². The van der Waals surface area contributed by atoms with Crippen LogP contribution in [0, 0.1) is 0 Å². The lowest BCUT2D eigenvalue weighted by molar-refractivity contribution is 0.0811. The average molecular weight is 414 g/mol. The van der Waals surface area contributed by atoms with E-state index in [1.807, 2.05) is 16.7 Å². The number of aromatic nitrogens is 1. The maximum absolute atomic E-state index is 12.1. The van der Waals surface area contributed by atoms with Crippen LogP contribution >= 0.6 is 15.9 Å². The highest BCUT2D eigenvalue weighted by Crippen LogP contribution is 2.35. The third-order valence-electron chi connectivity index (χ3n) is 3.77. The van der Waals surface area contributed by atoms with Gasteiger partial charge in [-0.2, -0.15) is 0 Å². The smallest absolute Gasteiger partial charge is 0.281 e. The first kappa shape index (κ1) is 19.0. The van der Waals surface area contributed by atoms with Crippen LogP contribution in [0.3, 0.4) is 0 Å². The number of nitrogens with one attached hydrogen (secondary N) is 1. The number of carbonyl (C=O) groups excluding carboxylic acids is 1. The lowest BCUT2D eigenvalue weighted by atomic mass is 10.2. The van der Waals surface area contributed by atoms with Gasteiger partial charge in [0, 0.05) is 20.1 Å².